The van der Waals surface area contributed by atoms with Gasteiger partial charge in [-0.3, -0.25) is 10.00 Å². The number of nitrogens with one attached hydrogen (secondary N) is 1. The van der Waals surface area contributed by atoms with Gasteiger partial charge in [0, 0.05) is 50.4 Å². The number of halogens is 2. The van der Waals surface area contributed by atoms with Crippen LogP contribution in [-0.2, 0) is 16.4 Å². The number of aliphatic hydroxyl groups excluding tert-OH is 1. The summed E-state index contributed by atoms with van der Waals surface area (Å²) in [5, 5.41) is 17.9. The van der Waals surface area contributed by atoms with E-state index >= 15 is 0 Å². The zero-order valence-electron chi connectivity index (χ0n) is 23.2. The number of rotatable bonds is 6. The number of aromatic amines is 1. The van der Waals surface area contributed by atoms with Gasteiger partial charge in [0.05, 0.1) is 24.5 Å². The Balaban J connectivity index is 1.28. The smallest absolute Gasteiger partial charge is 0.244 e. The van der Waals surface area contributed by atoms with Crippen molar-refractivity contribution in [1.82, 2.24) is 24.4 Å². The number of β-amino-alcohol motifs (C(OH)–C–C–N with tert-alkyl or cyclic N) is 1. The van der Waals surface area contributed by atoms with E-state index in [-0.39, 0.29) is 29.8 Å². The average Bonchev–Trinajstić information content (AvgIpc) is 3.74. The van der Waals surface area contributed by atoms with Gasteiger partial charge < -0.3 is 10.0 Å². The molecule has 1 aromatic carbocycles. The van der Waals surface area contributed by atoms with Gasteiger partial charge in [-0.25, -0.2) is 22.2 Å². The molecule has 42 heavy (non-hydrogen) atoms. The van der Waals surface area contributed by atoms with Crippen molar-refractivity contribution in [3.8, 4) is 0 Å². The molecule has 4 aliphatic rings. The van der Waals surface area contributed by atoms with Crippen LogP contribution in [0, 0.1) is 11.2 Å². The molecule has 1 aliphatic carbocycles. The van der Waals surface area contributed by atoms with Crippen LogP contribution in [0.3, 0.4) is 0 Å². The summed E-state index contributed by atoms with van der Waals surface area (Å²) in [7, 11) is -3.92. The van der Waals surface area contributed by atoms with Crippen LogP contribution in [0.2, 0.25) is 0 Å². The van der Waals surface area contributed by atoms with Gasteiger partial charge in [-0.15, -0.1) is 0 Å². The standard InChI is InChI=1S/C30H34F2N6O3S/c31-23-3-1-20(2-4-23)29(37-11-9-25(39)18-37)30-14-21-15-34-35-27(21)13-22(30)7-12-38(19-30)42(40,41)26-5-6-28(33-16-26)36-10-8-24(32)17-36/h1-6,13,15-16,24-25,29,39H,7-12,14,17-19H2,(H,34,35)/t24?,25?,29-,30?/m0/s1. The molecule has 3 aromatic rings. The molecule has 3 aliphatic heterocycles. The van der Waals surface area contributed by atoms with Gasteiger partial charge >= 0.3 is 0 Å². The first-order valence-corrected chi connectivity index (χ1v) is 15.9. The molecular formula is C30H34F2N6O3S. The topological polar surface area (TPSA) is 106 Å². The molecule has 3 saturated heterocycles. The molecule has 5 heterocycles. The summed E-state index contributed by atoms with van der Waals surface area (Å²) < 4.78 is 57.6. The fourth-order valence-electron chi connectivity index (χ4n) is 7.35. The van der Waals surface area contributed by atoms with E-state index in [1.807, 2.05) is 4.90 Å². The Kier molecular flexibility index (Phi) is 6.92. The van der Waals surface area contributed by atoms with Gasteiger partial charge in [0.15, 0.2) is 0 Å². The highest BCUT2D eigenvalue weighted by Gasteiger charge is 2.53. The lowest BCUT2D eigenvalue weighted by atomic mass is 9.62. The molecule has 3 fully saturated rings. The number of benzene rings is 1. The fraction of sp³-hybridized carbons (Fsp3) is 0.467. The Morgan fingerprint density at radius 2 is 1.88 bits per heavy atom. The molecular weight excluding hydrogens is 562 g/mol. The van der Waals surface area contributed by atoms with Gasteiger partial charge in [0.1, 0.15) is 22.7 Å². The van der Waals surface area contributed by atoms with Crippen LogP contribution in [-0.4, -0.2) is 89.5 Å². The number of pyridine rings is 1. The highest BCUT2D eigenvalue weighted by atomic mass is 32.2. The second kappa shape index (κ2) is 10.5. The molecule has 4 atom stereocenters. The van der Waals surface area contributed by atoms with Crippen LogP contribution in [0.4, 0.5) is 14.6 Å². The number of fused-ring (bicyclic) bond motifs is 2. The first-order chi connectivity index (χ1) is 20.2. The van der Waals surface area contributed by atoms with Crippen LogP contribution in [0.25, 0.3) is 6.08 Å². The maximum Gasteiger partial charge on any atom is 0.244 e. The zero-order chi connectivity index (χ0) is 29.1. The summed E-state index contributed by atoms with van der Waals surface area (Å²) in [6.07, 6.45) is 5.99. The highest BCUT2D eigenvalue weighted by Crippen LogP contribution is 2.54. The van der Waals surface area contributed by atoms with E-state index in [1.165, 1.54) is 18.3 Å². The van der Waals surface area contributed by atoms with Crippen molar-refractivity contribution in [2.24, 2.45) is 5.41 Å². The second-order valence-corrected chi connectivity index (χ2v) is 13.9. The number of hydrogen-bond donors (Lipinski definition) is 2. The number of hydrogen-bond acceptors (Lipinski definition) is 7. The maximum atomic E-state index is 14.1. The van der Waals surface area contributed by atoms with Crippen LogP contribution in [0.1, 0.15) is 42.1 Å². The number of anilines is 1. The molecule has 0 bridgehead atoms. The monoisotopic (exact) mass is 596 g/mol. The number of piperidine rings is 1. The molecule has 0 amide bonds. The van der Waals surface area contributed by atoms with E-state index < -0.39 is 27.7 Å². The first kappa shape index (κ1) is 27.6. The minimum Gasteiger partial charge on any atom is -0.392 e. The van der Waals surface area contributed by atoms with E-state index in [2.05, 4.69) is 26.2 Å². The van der Waals surface area contributed by atoms with Gasteiger partial charge in [-0.2, -0.15) is 9.40 Å². The van der Waals surface area contributed by atoms with Crippen LogP contribution >= 0.6 is 0 Å². The quantitative estimate of drug-likeness (QED) is 0.450. The zero-order valence-corrected chi connectivity index (χ0v) is 24.0. The lowest BCUT2D eigenvalue weighted by Gasteiger charge is -2.53. The SMILES string of the molecule is O=S(=O)(c1ccc(N2CCC(F)C2)nc1)N1CCC2=Cc3[nH]ncc3CC2([C@H](c2ccc(F)cc2)N2CCC(O)C2)C1. The second-order valence-electron chi connectivity index (χ2n) is 12.0. The lowest BCUT2D eigenvalue weighted by molar-refractivity contribution is 0.0600. The van der Waals surface area contributed by atoms with Crippen molar-refractivity contribution >= 4 is 21.9 Å². The molecule has 7 rings (SSSR count). The molecule has 12 heteroatoms. The van der Waals surface area contributed by atoms with Crippen molar-refractivity contribution < 1.29 is 22.3 Å². The van der Waals surface area contributed by atoms with E-state index in [0.717, 1.165) is 22.4 Å². The molecule has 9 nitrogen and oxygen atoms in total. The molecule has 0 radical (unpaired) electrons. The van der Waals surface area contributed by atoms with Crippen molar-refractivity contribution in [3.63, 3.8) is 0 Å². The maximum absolute atomic E-state index is 14.1. The van der Waals surface area contributed by atoms with Crippen molar-refractivity contribution in [3.05, 3.63) is 77.0 Å². The third-order valence-corrected chi connectivity index (χ3v) is 11.2. The summed E-state index contributed by atoms with van der Waals surface area (Å²) in [5.41, 5.74) is 3.24. The average molecular weight is 597 g/mol. The van der Waals surface area contributed by atoms with Gasteiger partial charge in [0.2, 0.25) is 10.0 Å². The first-order valence-electron chi connectivity index (χ1n) is 14.5. The van der Waals surface area contributed by atoms with Crippen LogP contribution in [0.5, 0.6) is 0 Å². The number of H-pyrrole nitrogens is 1. The lowest BCUT2D eigenvalue weighted by Crippen LogP contribution is -2.55. The molecule has 222 valence electrons. The Labute approximate surface area is 243 Å². The Morgan fingerprint density at radius 3 is 2.57 bits per heavy atom. The minimum atomic E-state index is -3.92. The van der Waals surface area contributed by atoms with Gasteiger partial charge in [-0.05, 0) is 67.2 Å². The molecule has 0 spiro atoms. The van der Waals surface area contributed by atoms with Crippen LogP contribution < -0.4 is 4.90 Å². The Bertz CT molecular complexity index is 1600. The van der Waals surface area contributed by atoms with Crippen molar-refractivity contribution in [2.45, 2.75) is 48.9 Å². The van der Waals surface area contributed by atoms with E-state index in [0.29, 0.717) is 57.7 Å². The van der Waals surface area contributed by atoms with Crippen molar-refractivity contribution in [1.29, 1.82) is 0 Å². The number of aromatic nitrogens is 3. The van der Waals surface area contributed by atoms with Crippen molar-refractivity contribution in [2.75, 3.05) is 44.2 Å². The van der Waals surface area contributed by atoms with Gasteiger partial charge in [-0.1, -0.05) is 17.7 Å². The minimum absolute atomic E-state index is 0.0968. The number of likely N-dealkylation sites (tertiary alicyclic amines) is 1. The predicted molar refractivity (Wildman–Crippen MR) is 153 cm³/mol. The molecule has 2 N–H and O–H groups in total. The van der Waals surface area contributed by atoms with E-state index in [1.54, 1.807) is 34.8 Å². The summed E-state index contributed by atoms with van der Waals surface area (Å²) in [6, 6.07) is 9.35. The van der Waals surface area contributed by atoms with Gasteiger partial charge in [0.25, 0.3) is 0 Å². The predicted octanol–water partition coefficient (Wildman–Crippen LogP) is 3.32. The molecule has 2 aromatic heterocycles. The summed E-state index contributed by atoms with van der Waals surface area (Å²) in [5.74, 6) is 0.228. The third-order valence-electron chi connectivity index (χ3n) is 9.39. The summed E-state index contributed by atoms with van der Waals surface area (Å²) in [6.45, 7) is 2.41. The van der Waals surface area contributed by atoms with Crippen LogP contribution in [0.15, 0.2) is 59.3 Å². The number of aliphatic hydroxyl groups is 1. The summed E-state index contributed by atoms with van der Waals surface area (Å²) in [4.78, 5) is 8.54. The largest absolute Gasteiger partial charge is 0.392 e. The Morgan fingerprint density at radius 1 is 1.05 bits per heavy atom. The number of nitrogens with zero attached hydrogens (tertiary/aromatic N) is 5. The highest BCUT2D eigenvalue weighted by molar-refractivity contribution is 7.89. The Hall–Kier alpha value is -3.19. The fourth-order valence-corrected chi connectivity index (χ4v) is 8.81. The summed E-state index contributed by atoms with van der Waals surface area (Å²) >= 11 is 0. The molecule has 0 saturated carbocycles. The number of sulfonamides is 1. The molecule has 3 unspecified atom stereocenters. The third kappa shape index (κ3) is 4.74. The normalized spacial score (nSPS) is 27.5. The van der Waals surface area contributed by atoms with E-state index in [4.69, 9.17) is 0 Å². The number of alkyl halides is 1. The van der Waals surface area contributed by atoms with E-state index in [9.17, 15) is 22.3 Å².